The Morgan fingerprint density at radius 1 is 0.941 bits per heavy atom. The molecular weight excluding hydrogens is 212 g/mol. The fourth-order valence-electron chi connectivity index (χ4n) is 1.04. The van der Waals surface area contributed by atoms with Crippen molar-refractivity contribution in [3.63, 3.8) is 0 Å². The van der Waals surface area contributed by atoms with Crippen molar-refractivity contribution < 1.29 is 9.84 Å². The van der Waals surface area contributed by atoms with E-state index in [1.807, 2.05) is 19.9 Å². The molecule has 0 radical (unpaired) electrons. The van der Waals surface area contributed by atoms with Gasteiger partial charge in [-0.25, -0.2) is 0 Å². The third-order valence-corrected chi connectivity index (χ3v) is 1.87. The van der Waals surface area contributed by atoms with Crippen LogP contribution in [0.2, 0.25) is 0 Å². The van der Waals surface area contributed by atoms with Gasteiger partial charge >= 0.3 is 0 Å². The summed E-state index contributed by atoms with van der Waals surface area (Å²) < 4.78 is 5.43. The van der Waals surface area contributed by atoms with Crippen LogP contribution in [-0.2, 0) is 4.74 Å². The van der Waals surface area contributed by atoms with Gasteiger partial charge in [-0.2, -0.15) is 0 Å². The second-order valence-electron chi connectivity index (χ2n) is 5.16. The molecule has 0 aromatic rings. The van der Waals surface area contributed by atoms with Gasteiger partial charge < -0.3 is 9.84 Å². The minimum absolute atomic E-state index is 0.0874. The van der Waals surface area contributed by atoms with Crippen molar-refractivity contribution in [3.05, 3.63) is 38.0 Å². The quantitative estimate of drug-likeness (QED) is 0.684. The topological polar surface area (TPSA) is 29.5 Å². The van der Waals surface area contributed by atoms with Crippen LogP contribution in [0.3, 0.4) is 0 Å². The van der Waals surface area contributed by atoms with Crippen LogP contribution in [0.25, 0.3) is 0 Å². The molecule has 0 fully saturated rings. The highest BCUT2D eigenvalue weighted by Crippen LogP contribution is 2.13. The molecule has 17 heavy (non-hydrogen) atoms. The van der Waals surface area contributed by atoms with Gasteiger partial charge in [-0.15, -0.1) is 19.7 Å². The van der Waals surface area contributed by atoms with Crippen LogP contribution >= 0.6 is 0 Å². The van der Waals surface area contributed by atoms with E-state index in [2.05, 4.69) is 19.7 Å². The summed E-state index contributed by atoms with van der Waals surface area (Å²) in [4.78, 5) is 0. The molecule has 2 nitrogen and oxygen atoms in total. The first-order chi connectivity index (χ1) is 7.68. The van der Waals surface area contributed by atoms with Gasteiger partial charge in [0.15, 0.2) is 0 Å². The molecule has 1 N–H and O–H groups in total. The highest BCUT2D eigenvalue weighted by Gasteiger charge is 2.14. The Hall–Kier alpha value is -0.860. The fraction of sp³-hybridized carbons (Fsp3) is 0.600. The molecular formula is C15H28O2. The lowest BCUT2D eigenvalue weighted by atomic mass is 10.1. The summed E-state index contributed by atoms with van der Waals surface area (Å²) in [6, 6.07) is 0. The maximum atomic E-state index is 8.95. The smallest absolute Gasteiger partial charge is 0.0664 e. The number of hydrogen-bond donors (Lipinski definition) is 1. The zero-order chi connectivity index (χ0) is 13.9. The van der Waals surface area contributed by atoms with Gasteiger partial charge in [-0.3, -0.25) is 0 Å². The van der Waals surface area contributed by atoms with Crippen molar-refractivity contribution in [2.45, 2.75) is 51.7 Å². The van der Waals surface area contributed by atoms with E-state index in [0.29, 0.717) is 13.0 Å². The third kappa shape index (κ3) is 17.7. The second-order valence-corrected chi connectivity index (χ2v) is 5.16. The Kier molecular flexibility index (Phi) is 10.0. The van der Waals surface area contributed by atoms with Crippen molar-refractivity contribution in [2.75, 3.05) is 6.61 Å². The molecule has 0 heterocycles. The summed E-state index contributed by atoms with van der Waals surface area (Å²) in [6.45, 7) is 18.9. The normalized spacial score (nSPS) is 11.1. The molecule has 0 aromatic carbocycles. The predicted octanol–water partition coefficient (Wildman–Crippen LogP) is 3.88. The molecule has 100 valence electrons. The SMILES string of the molecule is C=CCC(C)(C)O.C=CCOC(C)(C)CC=C. The van der Waals surface area contributed by atoms with Crippen LogP contribution in [0.5, 0.6) is 0 Å². The van der Waals surface area contributed by atoms with Crippen LogP contribution < -0.4 is 0 Å². The third-order valence-electron chi connectivity index (χ3n) is 1.87. The number of hydrogen-bond acceptors (Lipinski definition) is 2. The van der Waals surface area contributed by atoms with E-state index in [4.69, 9.17) is 9.84 Å². The molecule has 0 atom stereocenters. The lowest BCUT2D eigenvalue weighted by molar-refractivity contribution is 0.00203. The Bertz CT molecular complexity index is 222. The van der Waals surface area contributed by atoms with Gasteiger partial charge in [0.1, 0.15) is 0 Å². The van der Waals surface area contributed by atoms with Gasteiger partial charge in [0.2, 0.25) is 0 Å². The van der Waals surface area contributed by atoms with Gasteiger partial charge in [-0.1, -0.05) is 18.2 Å². The minimum Gasteiger partial charge on any atom is -0.390 e. The van der Waals surface area contributed by atoms with Crippen molar-refractivity contribution in [1.29, 1.82) is 0 Å². The molecule has 0 aliphatic heterocycles. The van der Waals surface area contributed by atoms with Crippen molar-refractivity contribution >= 4 is 0 Å². The van der Waals surface area contributed by atoms with Crippen LogP contribution in [-0.4, -0.2) is 22.9 Å². The van der Waals surface area contributed by atoms with Crippen molar-refractivity contribution in [3.8, 4) is 0 Å². The molecule has 0 aliphatic carbocycles. The molecule has 0 spiro atoms. The van der Waals surface area contributed by atoms with E-state index in [0.717, 1.165) is 6.42 Å². The highest BCUT2D eigenvalue weighted by atomic mass is 16.5. The molecule has 0 rings (SSSR count). The van der Waals surface area contributed by atoms with E-state index in [9.17, 15) is 0 Å². The first kappa shape index (κ1) is 18.5. The van der Waals surface area contributed by atoms with Crippen molar-refractivity contribution in [2.24, 2.45) is 0 Å². The fourth-order valence-corrected chi connectivity index (χ4v) is 1.04. The largest absolute Gasteiger partial charge is 0.390 e. The number of rotatable bonds is 7. The standard InChI is InChI=1S/C9H16O.C6H12O/c1-5-7-9(3,4)10-8-6-2;1-4-5-6(2,3)7/h5-6H,1-2,7-8H2,3-4H3;4,7H,1,5H2,2-3H3. The van der Waals surface area contributed by atoms with Gasteiger partial charge in [0.25, 0.3) is 0 Å². The Balaban J connectivity index is 0. The first-order valence-electron chi connectivity index (χ1n) is 5.87. The molecule has 0 aromatic heterocycles. The molecule has 0 aliphatic rings. The maximum absolute atomic E-state index is 8.95. The zero-order valence-corrected chi connectivity index (χ0v) is 11.8. The number of ether oxygens (including phenoxy) is 1. The van der Waals surface area contributed by atoms with Crippen LogP contribution in [0.4, 0.5) is 0 Å². The molecule has 0 amide bonds. The van der Waals surface area contributed by atoms with E-state index in [1.165, 1.54) is 0 Å². The highest BCUT2D eigenvalue weighted by molar-refractivity contribution is 4.81. The summed E-state index contributed by atoms with van der Waals surface area (Å²) in [5.74, 6) is 0. The molecule has 0 unspecified atom stereocenters. The monoisotopic (exact) mass is 240 g/mol. The Morgan fingerprint density at radius 2 is 1.41 bits per heavy atom. The lowest BCUT2D eigenvalue weighted by Gasteiger charge is -2.22. The first-order valence-corrected chi connectivity index (χ1v) is 5.87. The van der Waals surface area contributed by atoms with Gasteiger partial charge in [-0.05, 0) is 40.5 Å². The van der Waals surface area contributed by atoms with E-state index in [1.54, 1.807) is 26.0 Å². The summed E-state index contributed by atoms with van der Waals surface area (Å²) in [6.07, 6.45) is 6.86. The van der Waals surface area contributed by atoms with Crippen LogP contribution in [0.15, 0.2) is 38.0 Å². The summed E-state index contributed by atoms with van der Waals surface area (Å²) in [5.41, 5.74) is -0.655. The Labute approximate surface area is 107 Å². The Morgan fingerprint density at radius 3 is 1.65 bits per heavy atom. The maximum Gasteiger partial charge on any atom is 0.0664 e. The van der Waals surface area contributed by atoms with Gasteiger partial charge in [0.05, 0.1) is 17.8 Å². The van der Waals surface area contributed by atoms with E-state index < -0.39 is 5.60 Å². The molecule has 0 saturated heterocycles. The van der Waals surface area contributed by atoms with Crippen molar-refractivity contribution in [1.82, 2.24) is 0 Å². The number of aliphatic hydroxyl groups is 1. The van der Waals surface area contributed by atoms with Gasteiger partial charge in [0, 0.05) is 0 Å². The molecule has 2 heteroatoms. The molecule has 0 bridgehead atoms. The minimum atomic E-state index is -0.568. The second kappa shape index (κ2) is 9.20. The van der Waals surface area contributed by atoms with Crippen LogP contribution in [0, 0.1) is 0 Å². The molecule has 0 saturated carbocycles. The van der Waals surface area contributed by atoms with E-state index >= 15 is 0 Å². The zero-order valence-electron chi connectivity index (χ0n) is 11.8. The lowest BCUT2D eigenvalue weighted by Crippen LogP contribution is -2.23. The average Bonchev–Trinajstić information content (AvgIpc) is 2.14. The average molecular weight is 240 g/mol. The van der Waals surface area contributed by atoms with E-state index in [-0.39, 0.29) is 5.60 Å². The predicted molar refractivity (Wildman–Crippen MR) is 76.2 cm³/mol. The summed E-state index contributed by atoms with van der Waals surface area (Å²) in [5, 5.41) is 8.95. The summed E-state index contributed by atoms with van der Waals surface area (Å²) >= 11 is 0. The van der Waals surface area contributed by atoms with Crippen LogP contribution in [0.1, 0.15) is 40.5 Å². The summed E-state index contributed by atoms with van der Waals surface area (Å²) in [7, 11) is 0.